The second-order valence-corrected chi connectivity index (χ2v) is 9.30. The Morgan fingerprint density at radius 1 is 0.857 bits per heavy atom. The van der Waals surface area contributed by atoms with Gasteiger partial charge in [0.25, 0.3) is 5.56 Å². The Balaban J connectivity index is 1.61. The van der Waals surface area contributed by atoms with E-state index in [2.05, 4.69) is 15.9 Å². The van der Waals surface area contributed by atoms with Crippen molar-refractivity contribution in [1.29, 1.82) is 0 Å². The lowest BCUT2D eigenvalue weighted by Gasteiger charge is -2.11. The number of aryl methyl sites for hydroxylation is 2. The third kappa shape index (κ3) is 3.70. The van der Waals surface area contributed by atoms with Crippen LogP contribution in [0.4, 0.5) is 4.39 Å². The van der Waals surface area contributed by atoms with Gasteiger partial charge >= 0.3 is 0 Å². The van der Waals surface area contributed by atoms with Crippen LogP contribution >= 0.6 is 15.9 Å². The molecule has 0 aliphatic carbocycles. The number of halogens is 2. The Kier molecular flexibility index (Phi) is 5.18. The fourth-order valence-electron chi connectivity index (χ4n) is 4.42. The van der Waals surface area contributed by atoms with Gasteiger partial charge in [-0.1, -0.05) is 40.2 Å². The number of para-hydroxylation sites is 2. The fraction of sp³-hybridized carbons (Fsp3) is 0.111. The third-order valence-electron chi connectivity index (χ3n) is 6.18. The monoisotopic (exact) mass is 527 g/mol. The molecule has 0 N–H and O–H groups in total. The van der Waals surface area contributed by atoms with Crippen LogP contribution < -0.4 is 5.56 Å². The molecule has 0 fully saturated rings. The molecule has 6 aromatic rings. The van der Waals surface area contributed by atoms with E-state index in [-0.39, 0.29) is 11.4 Å². The van der Waals surface area contributed by atoms with Crippen molar-refractivity contribution in [2.24, 2.45) is 0 Å². The predicted octanol–water partition coefficient (Wildman–Crippen LogP) is 5.74. The zero-order valence-electron chi connectivity index (χ0n) is 18.7. The third-order valence-corrected chi connectivity index (χ3v) is 6.70. The minimum absolute atomic E-state index is 0.167. The van der Waals surface area contributed by atoms with Gasteiger partial charge in [-0.15, -0.1) is 0 Å². The molecule has 0 saturated heterocycles. The zero-order valence-corrected chi connectivity index (χ0v) is 20.3. The minimum Gasteiger partial charge on any atom is -0.296 e. The smallest absolute Gasteiger partial charge is 0.265 e. The SMILES string of the molecule is Cc1nc2c(c(=O)n1CCc1ccc(F)cc1)c1nc3ccccc3nc1n2-c1ccc(Br)cc1. The van der Waals surface area contributed by atoms with E-state index < -0.39 is 0 Å². The highest BCUT2D eigenvalue weighted by Gasteiger charge is 2.22. The first-order valence-electron chi connectivity index (χ1n) is 11.2. The molecule has 0 aliphatic heterocycles. The normalized spacial score (nSPS) is 11.6. The molecule has 0 unspecified atom stereocenters. The molecule has 0 bridgehead atoms. The van der Waals surface area contributed by atoms with Gasteiger partial charge in [0.05, 0.1) is 11.0 Å². The van der Waals surface area contributed by atoms with E-state index in [9.17, 15) is 9.18 Å². The lowest BCUT2D eigenvalue weighted by Crippen LogP contribution is -2.25. The molecule has 35 heavy (non-hydrogen) atoms. The van der Waals surface area contributed by atoms with Crippen molar-refractivity contribution in [1.82, 2.24) is 24.1 Å². The zero-order chi connectivity index (χ0) is 24.1. The summed E-state index contributed by atoms with van der Waals surface area (Å²) in [4.78, 5) is 28.4. The van der Waals surface area contributed by atoms with E-state index in [1.165, 1.54) is 12.1 Å². The van der Waals surface area contributed by atoms with Gasteiger partial charge in [0.15, 0.2) is 11.3 Å². The van der Waals surface area contributed by atoms with Gasteiger partial charge < -0.3 is 0 Å². The van der Waals surface area contributed by atoms with Crippen molar-refractivity contribution in [2.45, 2.75) is 19.9 Å². The lowest BCUT2D eigenvalue weighted by molar-refractivity contribution is 0.620. The summed E-state index contributed by atoms with van der Waals surface area (Å²) in [6, 6.07) is 21.7. The standard InChI is InChI=1S/C27H19BrFN5O/c1-16-30-25-23(27(35)33(16)15-14-17-6-10-19(29)11-7-17)24-26(32-22-5-3-2-4-21(22)31-24)34(25)20-12-8-18(28)9-13-20/h2-13H,14-15H2,1H3. The van der Waals surface area contributed by atoms with Gasteiger partial charge in [-0.3, -0.25) is 13.9 Å². The van der Waals surface area contributed by atoms with Crippen LogP contribution in [-0.2, 0) is 13.0 Å². The Hall–Kier alpha value is -3.91. The largest absolute Gasteiger partial charge is 0.296 e. The number of rotatable bonds is 4. The Morgan fingerprint density at radius 2 is 1.54 bits per heavy atom. The van der Waals surface area contributed by atoms with Crippen molar-refractivity contribution in [3.05, 3.63) is 105 Å². The molecule has 0 atom stereocenters. The molecule has 0 spiro atoms. The second-order valence-electron chi connectivity index (χ2n) is 8.39. The van der Waals surface area contributed by atoms with Gasteiger partial charge in [0.1, 0.15) is 22.5 Å². The number of hydrogen-bond donors (Lipinski definition) is 0. The Labute approximate surface area is 207 Å². The van der Waals surface area contributed by atoms with Crippen LogP contribution in [0.3, 0.4) is 0 Å². The van der Waals surface area contributed by atoms with Crippen LogP contribution in [0.2, 0.25) is 0 Å². The van der Waals surface area contributed by atoms with Gasteiger partial charge in [0, 0.05) is 16.7 Å². The first-order chi connectivity index (χ1) is 17.0. The van der Waals surface area contributed by atoms with E-state index in [1.807, 2.05) is 60.0 Å². The summed E-state index contributed by atoms with van der Waals surface area (Å²) in [6.45, 7) is 2.25. The fourth-order valence-corrected chi connectivity index (χ4v) is 4.69. The highest BCUT2D eigenvalue weighted by molar-refractivity contribution is 9.10. The van der Waals surface area contributed by atoms with E-state index in [0.29, 0.717) is 46.5 Å². The highest BCUT2D eigenvalue weighted by atomic mass is 79.9. The molecule has 3 heterocycles. The summed E-state index contributed by atoms with van der Waals surface area (Å²) < 4.78 is 17.8. The van der Waals surface area contributed by atoms with E-state index >= 15 is 0 Å². The highest BCUT2D eigenvalue weighted by Crippen LogP contribution is 2.29. The van der Waals surface area contributed by atoms with Crippen molar-refractivity contribution >= 4 is 49.2 Å². The van der Waals surface area contributed by atoms with Crippen LogP contribution in [0.15, 0.2) is 82.1 Å². The van der Waals surface area contributed by atoms with E-state index in [1.54, 1.807) is 16.7 Å². The first-order valence-corrected chi connectivity index (χ1v) is 12.0. The number of fused-ring (bicyclic) bond motifs is 4. The van der Waals surface area contributed by atoms with Crippen LogP contribution in [-0.4, -0.2) is 24.1 Å². The average Bonchev–Trinajstić information content (AvgIpc) is 3.17. The maximum atomic E-state index is 13.8. The van der Waals surface area contributed by atoms with Crippen molar-refractivity contribution < 1.29 is 4.39 Å². The molecular weight excluding hydrogens is 509 g/mol. The summed E-state index contributed by atoms with van der Waals surface area (Å²) in [5.74, 6) is 0.312. The molecule has 172 valence electrons. The molecule has 0 saturated carbocycles. The lowest BCUT2D eigenvalue weighted by atomic mass is 10.1. The number of benzene rings is 3. The van der Waals surface area contributed by atoms with E-state index in [4.69, 9.17) is 15.0 Å². The van der Waals surface area contributed by atoms with Crippen molar-refractivity contribution in [3.63, 3.8) is 0 Å². The van der Waals surface area contributed by atoms with Crippen LogP contribution in [0.5, 0.6) is 0 Å². The van der Waals surface area contributed by atoms with Gasteiger partial charge in [-0.2, -0.15) is 0 Å². The molecule has 0 amide bonds. The summed E-state index contributed by atoms with van der Waals surface area (Å²) in [5.41, 5.74) is 4.71. The molecule has 0 aliphatic rings. The van der Waals surface area contributed by atoms with Gasteiger partial charge in [0.2, 0.25) is 0 Å². The quantitative estimate of drug-likeness (QED) is 0.293. The van der Waals surface area contributed by atoms with Crippen molar-refractivity contribution in [3.8, 4) is 5.69 Å². The molecule has 3 aromatic heterocycles. The molecule has 3 aromatic carbocycles. The summed E-state index contributed by atoms with van der Waals surface area (Å²) >= 11 is 3.49. The van der Waals surface area contributed by atoms with Crippen LogP contribution in [0, 0.1) is 12.7 Å². The molecule has 6 rings (SSSR count). The second kappa shape index (κ2) is 8.39. The van der Waals surface area contributed by atoms with Crippen LogP contribution in [0.25, 0.3) is 38.9 Å². The van der Waals surface area contributed by atoms with Gasteiger partial charge in [-0.05, 0) is 67.4 Å². The molecule has 0 radical (unpaired) electrons. The Bertz CT molecular complexity index is 1790. The summed E-state index contributed by atoms with van der Waals surface area (Å²) in [6.07, 6.45) is 0.578. The number of hydrogen-bond acceptors (Lipinski definition) is 4. The number of aromatic nitrogens is 5. The topological polar surface area (TPSA) is 65.6 Å². The van der Waals surface area contributed by atoms with E-state index in [0.717, 1.165) is 21.2 Å². The van der Waals surface area contributed by atoms with Crippen LogP contribution in [0.1, 0.15) is 11.4 Å². The molecule has 6 nitrogen and oxygen atoms in total. The number of nitrogens with zero attached hydrogens (tertiary/aromatic N) is 5. The average molecular weight is 528 g/mol. The minimum atomic E-state index is -0.281. The van der Waals surface area contributed by atoms with Gasteiger partial charge in [-0.25, -0.2) is 19.3 Å². The maximum absolute atomic E-state index is 13.8. The summed E-state index contributed by atoms with van der Waals surface area (Å²) in [5, 5.41) is 0.436. The maximum Gasteiger partial charge on any atom is 0.265 e. The first kappa shape index (κ1) is 21.6. The van der Waals surface area contributed by atoms with Crippen molar-refractivity contribution in [2.75, 3.05) is 0 Å². The summed E-state index contributed by atoms with van der Waals surface area (Å²) in [7, 11) is 0. The predicted molar refractivity (Wildman–Crippen MR) is 138 cm³/mol. The Morgan fingerprint density at radius 3 is 2.26 bits per heavy atom. The molecule has 8 heteroatoms. The molecular formula is C27H19BrFN5O.